The van der Waals surface area contributed by atoms with E-state index in [4.69, 9.17) is 39.9 Å². The summed E-state index contributed by atoms with van der Waals surface area (Å²) in [6.45, 7) is 2.05. The van der Waals surface area contributed by atoms with Gasteiger partial charge in [-0.05, 0) is 43.3 Å². The second-order valence-electron chi connectivity index (χ2n) is 6.32. The van der Waals surface area contributed by atoms with Crippen molar-refractivity contribution < 1.29 is 0 Å². The van der Waals surface area contributed by atoms with Gasteiger partial charge in [-0.25, -0.2) is 4.68 Å². The molecule has 2 nitrogen and oxygen atoms in total. The Morgan fingerprint density at radius 2 is 1.57 bits per heavy atom. The number of hydrogen-bond acceptors (Lipinski definition) is 1. The SMILES string of the molecule is Cc1c(-c2ccccc2Cl)nn(-c2ccc(Cl)cc2Cl)c1-c1ccc(Br)cc1. The molecule has 0 saturated heterocycles. The Balaban J connectivity index is 2.02. The number of rotatable bonds is 3. The van der Waals surface area contributed by atoms with E-state index < -0.39 is 0 Å². The zero-order chi connectivity index (χ0) is 19.8. The van der Waals surface area contributed by atoms with Crippen molar-refractivity contribution in [2.75, 3.05) is 0 Å². The predicted octanol–water partition coefficient (Wildman–Crippen LogP) is 8.24. The van der Waals surface area contributed by atoms with Crippen LogP contribution in [0.5, 0.6) is 0 Å². The highest BCUT2D eigenvalue weighted by Crippen LogP contribution is 2.38. The summed E-state index contributed by atoms with van der Waals surface area (Å²) in [4.78, 5) is 0. The Labute approximate surface area is 186 Å². The second-order valence-corrected chi connectivity index (χ2v) is 8.48. The molecule has 140 valence electrons. The third-order valence-electron chi connectivity index (χ3n) is 4.51. The van der Waals surface area contributed by atoms with Crippen molar-refractivity contribution in [2.45, 2.75) is 6.92 Å². The maximum Gasteiger partial charge on any atom is 0.0978 e. The molecule has 0 aliphatic carbocycles. The van der Waals surface area contributed by atoms with Gasteiger partial charge in [0.25, 0.3) is 0 Å². The molecule has 0 aliphatic rings. The fourth-order valence-electron chi connectivity index (χ4n) is 3.18. The largest absolute Gasteiger partial charge is 0.231 e. The van der Waals surface area contributed by atoms with Crippen LogP contribution in [0.4, 0.5) is 0 Å². The van der Waals surface area contributed by atoms with Gasteiger partial charge in [-0.1, -0.05) is 81.1 Å². The monoisotopic (exact) mass is 490 g/mol. The van der Waals surface area contributed by atoms with Crippen molar-refractivity contribution >= 4 is 50.7 Å². The van der Waals surface area contributed by atoms with Gasteiger partial charge in [0.2, 0.25) is 0 Å². The number of halogens is 4. The van der Waals surface area contributed by atoms with Crippen LogP contribution in [0.3, 0.4) is 0 Å². The smallest absolute Gasteiger partial charge is 0.0978 e. The molecule has 1 heterocycles. The number of nitrogens with zero attached hydrogens (tertiary/aromatic N) is 2. The van der Waals surface area contributed by atoms with Crippen LogP contribution in [0.1, 0.15) is 5.56 Å². The Morgan fingerprint density at radius 3 is 2.25 bits per heavy atom. The average molecular weight is 493 g/mol. The normalized spacial score (nSPS) is 11.0. The Morgan fingerprint density at radius 1 is 0.857 bits per heavy atom. The Bertz CT molecular complexity index is 1170. The summed E-state index contributed by atoms with van der Waals surface area (Å²) in [5.74, 6) is 0. The van der Waals surface area contributed by atoms with E-state index in [0.29, 0.717) is 15.1 Å². The highest BCUT2D eigenvalue weighted by atomic mass is 79.9. The molecule has 0 spiro atoms. The molecule has 0 bridgehead atoms. The van der Waals surface area contributed by atoms with Crippen molar-refractivity contribution in [1.82, 2.24) is 9.78 Å². The van der Waals surface area contributed by atoms with Gasteiger partial charge in [0.15, 0.2) is 0 Å². The molecule has 0 unspecified atom stereocenters. The van der Waals surface area contributed by atoms with Crippen LogP contribution in [0.15, 0.2) is 71.2 Å². The lowest BCUT2D eigenvalue weighted by atomic mass is 10.0. The standard InChI is InChI=1S/C22H14BrCl3N2/c1-13-21(17-4-2-3-5-18(17)25)27-28(20-11-10-16(24)12-19(20)26)22(13)14-6-8-15(23)9-7-14/h2-12H,1H3. The predicted molar refractivity (Wildman–Crippen MR) is 122 cm³/mol. The molecule has 0 saturated carbocycles. The van der Waals surface area contributed by atoms with Gasteiger partial charge in [-0.3, -0.25) is 0 Å². The summed E-state index contributed by atoms with van der Waals surface area (Å²) in [5, 5.41) is 6.65. The molecule has 4 rings (SSSR count). The molecule has 0 aliphatic heterocycles. The lowest BCUT2D eigenvalue weighted by Gasteiger charge is -2.11. The molecule has 0 fully saturated rings. The van der Waals surface area contributed by atoms with E-state index in [-0.39, 0.29) is 0 Å². The van der Waals surface area contributed by atoms with Crippen molar-refractivity contribution in [3.8, 4) is 28.2 Å². The topological polar surface area (TPSA) is 17.8 Å². The van der Waals surface area contributed by atoms with Crippen LogP contribution in [0.25, 0.3) is 28.2 Å². The van der Waals surface area contributed by atoms with Gasteiger partial charge in [-0.15, -0.1) is 0 Å². The molecule has 0 amide bonds. The third kappa shape index (κ3) is 3.60. The fraction of sp³-hybridized carbons (Fsp3) is 0.0455. The minimum Gasteiger partial charge on any atom is -0.231 e. The molecule has 0 N–H and O–H groups in total. The summed E-state index contributed by atoms with van der Waals surface area (Å²) in [6, 6.07) is 21.2. The Hall–Kier alpha value is -1.78. The molecular formula is C22H14BrCl3N2. The first-order valence-corrected chi connectivity index (χ1v) is 10.4. The summed E-state index contributed by atoms with van der Waals surface area (Å²) in [5.41, 5.74) is 5.44. The number of aromatic nitrogens is 2. The van der Waals surface area contributed by atoms with Crippen molar-refractivity contribution in [3.63, 3.8) is 0 Å². The number of hydrogen-bond donors (Lipinski definition) is 0. The minimum atomic E-state index is 0.527. The van der Waals surface area contributed by atoms with E-state index in [1.54, 1.807) is 12.1 Å². The van der Waals surface area contributed by atoms with Crippen molar-refractivity contribution in [3.05, 3.63) is 91.8 Å². The van der Waals surface area contributed by atoms with Crippen LogP contribution in [-0.2, 0) is 0 Å². The van der Waals surface area contributed by atoms with Crippen LogP contribution in [0.2, 0.25) is 15.1 Å². The molecule has 28 heavy (non-hydrogen) atoms. The van der Waals surface area contributed by atoms with E-state index in [9.17, 15) is 0 Å². The quantitative estimate of drug-likeness (QED) is 0.282. The van der Waals surface area contributed by atoms with Gasteiger partial charge in [-0.2, -0.15) is 5.10 Å². The van der Waals surface area contributed by atoms with E-state index >= 15 is 0 Å². The van der Waals surface area contributed by atoms with E-state index in [2.05, 4.69) is 15.9 Å². The summed E-state index contributed by atoms with van der Waals surface area (Å²) < 4.78 is 2.87. The first-order valence-electron chi connectivity index (χ1n) is 8.51. The molecule has 0 atom stereocenters. The van der Waals surface area contributed by atoms with Gasteiger partial charge in [0.05, 0.1) is 27.1 Å². The molecule has 1 aromatic heterocycles. The van der Waals surface area contributed by atoms with Crippen LogP contribution >= 0.6 is 50.7 Å². The maximum absolute atomic E-state index is 6.51. The molecule has 6 heteroatoms. The Kier molecular flexibility index (Phi) is 5.52. The molecule has 4 aromatic rings. The third-order valence-corrected chi connectivity index (χ3v) is 5.90. The zero-order valence-corrected chi connectivity index (χ0v) is 18.6. The zero-order valence-electron chi connectivity index (χ0n) is 14.8. The second kappa shape index (κ2) is 7.92. The lowest BCUT2D eigenvalue weighted by Crippen LogP contribution is -2.00. The minimum absolute atomic E-state index is 0.527. The van der Waals surface area contributed by atoms with Gasteiger partial charge in [0.1, 0.15) is 0 Å². The maximum atomic E-state index is 6.51. The summed E-state index contributed by atoms with van der Waals surface area (Å²) in [7, 11) is 0. The van der Waals surface area contributed by atoms with E-state index in [0.717, 1.165) is 38.2 Å². The van der Waals surface area contributed by atoms with Gasteiger partial charge in [0, 0.05) is 26.2 Å². The lowest BCUT2D eigenvalue weighted by molar-refractivity contribution is 0.892. The average Bonchev–Trinajstić information content (AvgIpc) is 3.00. The van der Waals surface area contributed by atoms with Crippen LogP contribution in [-0.4, -0.2) is 9.78 Å². The number of benzene rings is 3. The van der Waals surface area contributed by atoms with Crippen molar-refractivity contribution in [1.29, 1.82) is 0 Å². The highest BCUT2D eigenvalue weighted by Gasteiger charge is 2.21. The highest BCUT2D eigenvalue weighted by molar-refractivity contribution is 9.10. The summed E-state index contributed by atoms with van der Waals surface area (Å²) >= 11 is 22.6. The first kappa shape index (κ1) is 19.5. The first-order chi connectivity index (χ1) is 13.5. The van der Waals surface area contributed by atoms with Crippen LogP contribution < -0.4 is 0 Å². The van der Waals surface area contributed by atoms with Gasteiger partial charge >= 0.3 is 0 Å². The van der Waals surface area contributed by atoms with Crippen molar-refractivity contribution in [2.24, 2.45) is 0 Å². The molecule has 0 radical (unpaired) electrons. The van der Waals surface area contributed by atoms with Crippen LogP contribution in [0, 0.1) is 6.92 Å². The molecule has 3 aromatic carbocycles. The van der Waals surface area contributed by atoms with Gasteiger partial charge < -0.3 is 0 Å². The van der Waals surface area contributed by atoms with E-state index in [1.807, 2.05) is 66.2 Å². The summed E-state index contributed by atoms with van der Waals surface area (Å²) in [6.07, 6.45) is 0. The van der Waals surface area contributed by atoms with E-state index in [1.165, 1.54) is 0 Å². The fourth-order valence-corrected chi connectivity index (χ4v) is 4.16. The molecular weight excluding hydrogens is 479 g/mol.